The van der Waals surface area contributed by atoms with Crippen molar-refractivity contribution in [2.45, 2.75) is 31.3 Å². The molecule has 0 saturated carbocycles. The summed E-state index contributed by atoms with van der Waals surface area (Å²) in [4.78, 5) is 14.5. The third-order valence-corrected chi connectivity index (χ3v) is 3.96. The van der Waals surface area contributed by atoms with Crippen LogP contribution in [0.2, 0.25) is 0 Å². The maximum atomic E-state index is 12.3. The fraction of sp³-hybridized carbons (Fsp3) is 0.500. The van der Waals surface area contributed by atoms with Crippen molar-refractivity contribution in [3.05, 3.63) is 29.8 Å². The Balaban J connectivity index is 1.78. The second-order valence-corrected chi connectivity index (χ2v) is 5.24. The highest BCUT2D eigenvalue weighted by atomic mass is 16.2. The van der Waals surface area contributed by atoms with Crippen molar-refractivity contribution in [1.82, 2.24) is 4.90 Å². The molecule has 3 N–H and O–H groups in total. The summed E-state index contributed by atoms with van der Waals surface area (Å²) in [6.45, 7) is 1.78. The van der Waals surface area contributed by atoms with Gasteiger partial charge < -0.3 is 11.1 Å². The second kappa shape index (κ2) is 4.71. The van der Waals surface area contributed by atoms with Gasteiger partial charge >= 0.3 is 0 Å². The lowest BCUT2D eigenvalue weighted by molar-refractivity contribution is -0.121. The zero-order valence-corrected chi connectivity index (χ0v) is 10.4. The molecule has 0 radical (unpaired) electrons. The maximum Gasteiger partial charge on any atom is 0.241 e. The first-order valence-electron chi connectivity index (χ1n) is 6.62. The van der Waals surface area contributed by atoms with E-state index < -0.39 is 0 Å². The number of hydrogen-bond donors (Lipinski definition) is 2. The highest BCUT2D eigenvalue weighted by Crippen LogP contribution is 2.25. The molecule has 2 heterocycles. The lowest BCUT2D eigenvalue weighted by Gasteiger charge is -2.24. The summed E-state index contributed by atoms with van der Waals surface area (Å²) in [6, 6.07) is 8.26. The van der Waals surface area contributed by atoms with Crippen LogP contribution in [0.4, 0.5) is 5.69 Å². The van der Waals surface area contributed by atoms with Crippen molar-refractivity contribution in [3.63, 3.8) is 0 Å². The molecule has 2 atom stereocenters. The molecule has 96 valence electrons. The molecule has 1 unspecified atom stereocenters. The van der Waals surface area contributed by atoms with Crippen LogP contribution in [0.1, 0.15) is 18.4 Å². The number of aryl methyl sites for hydroxylation is 1. The smallest absolute Gasteiger partial charge is 0.241 e. The summed E-state index contributed by atoms with van der Waals surface area (Å²) in [5.74, 6) is 0.119. The molecule has 0 spiro atoms. The van der Waals surface area contributed by atoms with Gasteiger partial charge in [-0.05, 0) is 30.9 Å². The minimum atomic E-state index is -0.0223. The number of nitrogens with two attached hydrogens (primary N) is 1. The molecule has 18 heavy (non-hydrogen) atoms. The summed E-state index contributed by atoms with van der Waals surface area (Å²) in [6.07, 6.45) is 2.83. The summed E-state index contributed by atoms with van der Waals surface area (Å²) < 4.78 is 0. The molecular weight excluding hydrogens is 226 g/mol. The molecule has 1 aromatic carbocycles. The first kappa shape index (κ1) is 11.7. The van der Waals surface area contributed by atoms with E-state index in [1.165, 1.54) is 5.56 Å². The Bertz CT molecular complexity index is 460. The van der Waals surface area contributed by atoms with E-state index >= 15 is 0 Å². The molecule has 1 aromatic rings. The SMILES string of the molecule is N[C@@H]1CCN(C2CCc3ccccc3NC2=O)C1. The number of para-hydroxylation sites is 1. The number of rotatable bonds is 1. The van der Waals surface area contributed by atoms with Crippen LogP contribution in [0.15, 0.2) is 24.3 Å². The topological polar surface area (TPSA) is 58.4 Å². The van der Waals surface area contributed by atoms with Gasteiger partial charge in [-0.15, -0.1) is 0 Å². The number of benzene rings is 1. The van der Waals surface area contributed by atoms with Gasteiger partial charge in [-0.3, -0.25) is 9.69 Å². The van der Waals surface area contributed by atoms with E-state index in [-0.39, 0.29) is 18.0 Å². The van der Waals surface area contributed by atoms with Gasteiger partial charge in [0.15, 0.2) is 0 Å². The van der Waals surface area contributed by atoms with Crippen molar-refractivity contribution >= 4 is 11.6 Å². The van der Waals surface area contributed by atoms with E-state index in [4.69, 9.17) is 5.73 Å². The molecule has 4 heteroatoms. The van der Waals surface area contributed by atoms with Gasteiger partial charge in [-0.1, -0.05) is 18.2 Å². The Morgan fingerprint density at radius 3 is 2.89 bits per heavy atom. The molecule has 2 aliphatic rings. The van der Waals surface area contributed by atoms with Gasteiger partial charge in [0.25, 0.3) is 0 Å². The number of amides is 1. The predicted molar refractivity (Wildman–Crippen MR) is 71.3 cm³/mol. The molecular formula is C14H19N3O. The number of nitrogens with zero attached hydrogens (tertiary/aromatic N) is 1. The number of carbonyl (C=O) groups excluding carboxylic acids is 1. The fourth-order valence-corrected chi connectivity index (χ4v) is 2.95. The van der Waals surface area contributed by atoms with E-state index in [0.29, 0.717) is 0 Å². The number of likely N-dealkylation sites (tertiary alicyclic amines) is 1. The van der Waals surface area contributed by atoms with Crippen molar-refractivity contribution in [2.24, 2.45) is 5.73 Å². The molecule has 1 fully saturated rings. The Hall–Kier alpha value is -1.39. The van der Waals surface area contributed by atoms with Gasteiger partial charge in [0, 0.05) is 24.8 Å². The van der Waals surface area contributed by atoms with Crippen LogP contribution >= 0.6 is 0 Å². The van der Waals surface area contributed by atoms with E-state index in [1.54, 1.807) is 0 Å². The van der Waals surface area contributed by atoms with Crippen molar-refractivity contribution in [3.8, 4) is 0 Å². The molecule has 4 nitrogen and oxygen atoms in total. The quantitative estimate of drug-likeness (QED) is 0.775. The average Bonchev–Trinajstić information content (AvgIpc) is 2.70. The number of nitrogens with one attached hydrogen (secondary N) is 1. The van der Waals surface area contributed by atoms with Crippen LogP contribution in [0, 0.1) is 0 Å². The van der Waals surface area contributed by atoms with Crippen LogP contribution in [-0.4, -0.2) is 36.0 Å². The van der Waals surface area contributed by atoms with Crippen molar-refractivity contribution < 1.29 is 4.79 Å². The first-order chi connectivity index (χ1) is 8.74. The number of carbonyl (C=O) groups is 1. The fourth-order valence-electron chi connectivity index (χ4n) is 2.95. The zero-order chi connectivity index (χ0) is 12.5. The Labute approximate surface area is 107 Å². The van der Waals surface area contributed by atoms with Crippen LogP contribution in [0.3, 0.4) is 0 Å². The van der Waals surface area contributed by atoms with Gasteiger partial charge in [-0.2, -0.15) is 0 Å². The molecule has 0 bridgehead atoms. The summed E-state index contributed by atoms with van der Waals surface area (Å²) in [7, 11) is 0. The third kappa shape index (κ3) is 2.13. The van der Waals surface area contributed by atoms with E-state index in [9.17, 15) is 4.79 Å². The van der Waals surface area contributed by atoms with E-state index in [1.807, 2.05) is 18.2 Å². The molecule has 1 saturated heterocycles. The Morgan fingerprint density at radius 2 is 2.11 bits per heavy atom. The van der Waals surface area contributed by atoms with Crippen molar-refractivity contribution in [1.29, 1.82) is 0 Å². The average molecular weight is 245 g/mol. The maximum absolute atomic E-state index is 12.3. The zero-order valence-electron chi connectivity index (χ0n) is 10.4. The number of hydrogen-bond acceptors (Lipinski definition) is 3. The minimum absolute atomic E-state index is 0.0223. The van der Waals surface area contributed by atoms with E-state index in [0.717, 1.165) is 38.0 Å². The highest BCUT2D eigenvalue weighted by molar-refractivity contribution is 5.96. The van der Waals surface area contributed by atoms with Crippen LogP contribution in [-0.2, 0) is 11.2 Å². The van der Waals surface area contributed by atoms with Gasteiger partial charge in [0.1, 0.15) is 0 Å². The first-order valence-corrected chi connectivity index (χ1v) is 6.62. The normalized spacial score (nSPS) is 28.6. The predicted octanol–water partition coefficient (Wildman–Crippen LogP) is 0.973. The largest absolute Gasteiger partial charge is 0.326 e. The Kier molecular flexibility index (Phi) is 3.06. The molecule has 2 aliphatic heterocycles. The van der Waals surface area contributed by atoms with Crippen LogP contribution in [0.25, 0.3) is 0 Å². The monoisotopic (exact) mass is 245 g/mol. The molecule has 3 rings (SSSR count). The standard InChI is InChI=1S/C14H19N3O/c15-11-7-8-17(9-11)13-6-5-10-3-1-2-4-12(10)16-14(13)18/h1-4,11,13H,5-9,15H2,(H,16,18)/t11-,13?/m1/s1. The third-order valence-electron chi connectivity index (χ3n) is 3.96. The molecule has 0 aromatic heterocycles. The minimum Gasteiger partial charge on any atom is -0.326 e. The Morgan fingerprint density at radius 1 is 1.28 bits per heavy atom. The second-order valence-electron chi connectivity index (χ2n) is 5.24. The summed E-state index contributed by atoms with van der Waals surface area (Å²) in [5.41, 5.74) is 8.13. The van der Waals surface area contributed by atoms with Gasteiger partial charge in [0.05, 0.1) is 6.04 Å². The van der Waals surface area contributed by atoms with Gasteiger partial charge in [0.2, 0.25) is 5.91 Å². The van der Waals surface area contributed by atoms with E-state index in [2.05, 4.69) is 16.3 Å². The number of fused-ring (bicyclic) bond motifs is 1. The van der Waals surface area contributed by atoms with Crippen molar-refractivity contribution in [2.75, 3.05) is 18.4 Å². The molecule has 1 amide bonds. The lowest BCUT2D eigenvalue weighted by Crippen LogP contribution is -2.43. The number of anilines is 1. The lowest BCUT2D eigenvalue weighted by atomic mass is 10.1. The highest BCUT2D eigenvalue weighted by Gasteiger charge is 2.32. The van der Waals surface area contributed by atoms with Crippen LogP contribution < -0.4 is 11.1 Å². The van der Waals surface area contributed by atoms with Gasteiger partial charge in [-0.25, -0.2) is 0 Å². The van der Waals surface area contributed by atoms with Crippen LogP contribution in [0.5, 0.6) is 0 Å². The summed E-state index contributed by atoms with van der Waals surface area (Å²) in [5, 5.41) is 3.04. The summed E-state index contributed by atoms with van der Waals surface area (Å²) >= 11 is 0. The molecule has 0 aliphatic carbocycles.